The topological polar surface area (TPSA) is 69.5 Å². The number of amidine groups is 1. The zero-order valence-corrected chi connectivity index (χ0v) is 33.6. The third-order valence-electron chi connectivity index (χ3n) is 7.44. The molecule has 0 spiro atoms. The Morgan fingerprint density at radius 2 is 1.67 bits per heavy atom. The van der Waals surface area contributed by atoms with Crippen molar-refractivity contribution in [2.24, 2.45) is 9.98 Å². The van der Waals surface area contributed by atoms with Crippen molar-refractivity contribution in [2.75, 3.05) is 14.2 Å². The normalized spacial score (nSPS) is 15.4. The summed E-state index contributed by atoms with van der Waals surface area (Å²) in [6, 6.07) is 2.67. The summed E-state index contributed by atoms with van der Waals surface area (Å²) in [5.41, 5.74) is 3.94. The van der Waals surface area contributed by atoms with Crippen molar-refractivity contribution < 1.29 is 9.53 Å². The minimum atomic E-state index is 0.462. The summed E-state index contributed by atoms with van der Waals surface area (Å²) >= 11 is 0. The number of rotatable bonds is 11. The largest absolute Gasteiger partial charge is 0.482 e. The van der Waals surface area contributed by atoms with Crippen LogP contribution in [0.15, 0.2) is 82.1 Å². The number of aldehydes is 1. The van der Waals surface area contributed by atoms with Crippen molar-refractivity contribution >= 4 is 18.1 Å². The first-order chi connectivity index (χ1) is 23.8. The Kier molecular flexibility index (Phi) is 34.5. The van der Waals surface area contributed by atoms with E-state index in [0.717, 1.165) is 54.8 Å². The third-order valence-corrected chi connectivity index (χ3v) is 7.44. The van der Waals surface area contributed by atoms with Gasteiger partial charge in [-0.1, -0.05) is 138 Å². The second kappa shape index (κ2) is 34.1. The van der Waals surface area contributed by atoms with E-state index in [1.165, 1.54) is 57.8 Å². The molecule has 7 heteroatoms. The first-order valence-corrected chi connectivity index (χ1v) is 18.7. The Morgan fingerprint density at radius 3 is 2.14 bits per heavy atom. The smallest absolute Gasteiger partial charge is 0.235 e. The Hall–Kier alpha value is -3.79. The first-order valence-electron chi connectivity index (χ1n) is 18.7. The lowest BCUT2D eigenvalue weighted by Gasteiger charge is -2.34. The molecule has 2 aliphatic rings. The summed E-state index contributed by atoms with van der Waals surface area (Å²) in [5.74, 6) is 2.15. The van der Waals surface area contributed by atoms with Gasteiger partial charge in [-0.3, -0.25) is 15.0 Å². The maximum atomic E-state index is 11.6. The second-order valence-electron chi connectivity index (χ2n) is 10.8. The number of ether oxygens (including phenoxy) is 1. The molecule has 0 saturated heterocycles. The quantitative estimate of drug-likeness (QED) is 0.0344. The van der Waals surface area contributed by atoms with Crippen LogP contribution in [0, 0.1) is 12.5 Å². The monoisotopic (exact) mass is 680 g/mol. The number of nitrogens with one attached hydrogen (secondary N) is 1. The fourth-order valence-corrected chi connectivity index (χ4v) is 5.13. The van der Waals surface area contributed by atoms with Crippen molar-refractivity contribution in [2.45, 2.75) is 152 Å². The Bertz CT molecular complexity index is 1130. The number of terminal acetylenes is 1. The lowest BCUT2D eigenvalue weighted by molar-refractivity contribution is -0.105. The van der Waals surface area contributed by atoms with E-state index >= 15 is 0 Å². The van der Waals surface area contributed by atoms with Gasteiger partial charge < -0.3 is 9.64 Å². The molecule has 1 N–H and O–H groups in total. The van der Waals surface area contributed by atoms with Gasteiger partial charge in [0.15, 0.2) is 5.88 Å². The van der Waals surface area contributed by atoms with Crippen molar-refractivity contribution in [1.82, 2.24) is 15.1 Å². The van der Waals surface area contributed by atoms with Crippen molar-refractivity contribution in [1.29, 1.82) is 0 Å². The third kappa shape index (κ3) is 21.7. The fourth-order valence-electron chi connectivity index (χ4n) is 5.13. The van der Waals surface area contributed by atoms with E-state index in [0.29, 0.717) is 24.3 Å². The Balaban J connectivity index is -0.00000119. The molecule has 49 heavy (non-hydrogen) atoms. The number of guanidine groups is 1. The molecule has 0 aromatic heterocycles. The minimum Gasteiger partial charge on any atom is -0.482 e. The van der Waals surface area contributed by atoms with Gasteiger partial charge in [0.1, 0.15) is 12.1 Å². The molecular weight excluding hydrogens is 606 g/mol. The standard InChI is InChI=1S/C29H46N4O.C7H9NO.3C2H6/c1-7-15-25(22-34)20-21-28(32(6)27-17-12-10-9-11-13-18-27)31-29(30-23(3)4)33-24(5)16-14-19-26(33)8-2;1-4-6-7(9-3)8-5-2;3*1-2/h16,19-20,22,27H,3,7-15,17-18,21H2,1-2,4-6H3;2,4,6,8H,1H2,3H3;3*1-2H3/b25-20-,30-29?,31-28+;7-6+;;;. The van der Waals surface area contributed by atoms with Gasteiger partial charge in [0.05, 0.1) is 7.11 Å². The number of hydrogen-bond acceptors (Lipinski definition) is 4. The van der Waals surface area contributed by atoms with E-state index < -0.39 is 0 Å². The van der Waals surface area contributed by atoms with Gasteiger partial charge in [-0.05, 0) is 57.6 Å². The van der Waals surface area contributed by atoms with Crippen LogP contribution in [-0.4, -0.2) is 48.1 Å². The van der Waals surface area contributed by atoms with E-state index in [1.54, 1.807) is 12.2 Å². The van der Waals surface area contributed by atoms with Crippen LogP contribution in [-0.2, 0) is 9.53 Å². The van der Waals surface area contributed by atoms with Crippen LogP contribution in [0.25, 0.3) is 0 Å². The van der Waals surface area contributed by atoms with Crippen LogP contribution in [0.5, 0.6) is 0 Å². The molecule has 0 radical (unpaired) electrons. The van der Waals surface area contributed by atoms with Gasteiger partial charge in [-0.15, -0.1) is 0 Å². The predicted octanol–water partition coefficient (Wildman–Crippen LogP) is 11.5. The average Bonchev–Trinajstić information content (AvgIpc) is 3.11. The molecule has 0 aromatic carbocycles. The summed E-state index contributed by atoms with van der Waals surface area (Å²) in [4.78, 5) is 26.1. The highest BCUT2D eigenvalue weighted by atomic mass is 16.5. The molecule has 0 bridgehead atoms. The van der Waals surface area contributed by atoms with E-state index in [9.17, 15) is 4.79 Å². The van der Waals surface area contributed by atoms with E-state index in [1.807, 2.05) is 48.5 Å². The number of allylic oxidation sites excluding steroid dienone is 8. The van der Waals surface area contributed by atoms with Crippen LogP contribution in [0.3, 0.4) is 0 Å². The molecule has 278 valence electrons. The molecule has 0 unspecified atom stereocenters. The maximum absolute atomic E-state index is 11.6. The van der Waals surface area contributed by atoms with Crippen LogP contribution < -0.4 is 5.32 Å². The summed E-state index contributed by atoms with van der Waals surface area (Å²) in [6.07, 6.45) is 28.8. The summed E-state index contributed by atoms with van der Waals surface area (Å²) in [7, 11) is 3.70. The maximum Gasteiger partial charge on any atom is 0.235 e. The highest BCUT2D eigenvalue weighted by molar-refractivity contribution is 5.98. The van der Waals surface area contributed by atoms with E-state index in [-0.39, 0.29) is 0 Å². The predicted molar refractivity (Wildman–Crippen MR) is 217 cm³/mol. The Morgan fingerprint density at radius 1 is 1.08 bits per heavy atom. The van der Waals surface area contributed by atoms with Crippen molar-refractivity contribution in [3.05, 3.63) is 72.1 Å². The minimum absolute atomic E-state index is 0.462. The lowest BCUT2D eigenvalue weighted by atomic mass is 9.95. The summed E-state index contributed by atoms with van der Waals surface area (Å²) < 4.78 is 4.77. The van der Waals surface area contributed by atoms with Gasteiger partial charge in [0.25, 0.3) is 0 Å². The van der Waals surface area contributed by atoms with E-state index in [4.69, 9.17) is 21.1 Å². The van der Waals surface area contributed by atoms with Crippen LogP contribution in [0.4, 0.5) is 0 Å². The van der Waals surface area contributed by atoms with Gasteiger partial charge in [-0.25, -0.2) is 4.99 Å². The molecule has 0 aromatic rings. The summed E-state index contributed by atoms with van der Waals surface area (Å²) in [5, 5.41) is 2.53. The molecular formula is C42H73N5O2. The van der Waals surface area contributed by atoms with Gasteiger partial charge in [-0.2, -0.15) is 4.99 Å². The van der Waals surface area contributed by atoms with Gasteiger partial charge in [0, 0.05) is 42.6 Å². The van der Waals surface area contributed by atoms with Crippen molar-refractivity contribution in [3.63, 3.8) is 0 Å². The average molecular weight is 680 g/mol. The molecule has 7 nitrogen and oxygen atoms in total. The van der Waals surface area contributed by atoms with Crippen LogP contribution in [0.2, 0.25) is 0 Å². The number of methoxy groups -OCH3 is 1. The van der Waals surface area contributed by atoms with Gasteiger partial charge in [0.2, 0.25) is 5.96 Å². The lowest BCUT2D eigenvalue weighted by Crippen LogP contribution is -2.39. The highest BCUT2D eigenvalue weighted by Crippen LogP contribution is 2.26. The molecule has 1 aliphatic heterocycles. The first kappa shape index (κ1) is 49.6. The zero-order valence-electron chi connectivity index (χ0n) is 33.6. The van der Waals surface area contributed by atoms with E-state index in [2.05, 4.69) is 80.4 Å². The zero-order chi connectivity index (χ0) is 38.0. The number of nitrogens with zero attached hydrogens (tertiary/aromatic N) is 4. The number of carbonyl (C=O) groups is 1. The fraction of sp³-hybridized carbons (Fsp3) is 0.595. The number of carbonyl (C=O) groups excluding carboxylic acids is 1. The molecule has 2 rings (SSSR count). The molecule has 1 heterocycles. The molecule has 0 atom stereocenters. The van der Waals surface area contributed by atoms with Crippen LogP contribution in [0.1, 0.15) is 146 Å². The van der Waals surface area contributed by atoms with Crippen molar-refractivity contribution in [3.8, 4) is 12.5 Å². The highest BCUT2D eigenvalue weighted by Gasteiger charge is 2.23. The number of aliphatic imine (C=N–C) groups is 2. The SMILES string of the molecule is C#CN/C(=C\C=C)OC.C=C(C)N=C(/N=C(\C/C=C(\C=O)CCC)N(C)C1CCCCCCC1)N1C(C)=CCC=C1CC.CC.CC.CC. The Labute approximate surface area is 303 Å². The van der Waals surface area contributed by atoms with Gasteiger partial charge >= 0.3 is 0 Å². The molecule has 1 aliphatic carbocycles. The molecule has 1 fully saturated rings. The second-order valence-corrected chi connectivity index (χ2v) is 10.8. The number of hydrogen-bond donors (Lipinski definition) is 1. The summed E-state index contributed by atoms with van der Waals surface area (Å²) in [6.45, 7) is 27.8. The van der Waals surface area contributed by atoms with Crippen LogP contribution >= 0.6 is 0 Å². The molecule has 0 amide bonds. The molecule has 1 saturated carbocycles.